The van der Waals surface area contributed by atoms with Gasteiger partial charge >= 0.3 is 12.1 Å². The van der Waals surface area contributed by atoms with Gasteiger partial charge in [-0.25, -0.2) is 4.79 Å². The van der Waals surface area contributed by atoms with Crippen molar-refractivity contribution >= 4 is 41.0 Å². The third-order valence-corrected chi connectivity index (χ3v) is 3.72. The van der Waals surface area contributed by atoms with Gasteiger partial charge in [-0.3, -0.25) is 15.1 Å². The number of carbonyl (C=O) groups is 2. The van der Waals surface area contributed by atoms with Crippen LogP contribution in [0.2, 0.25) is 10.0 Å². The van der Waals surface area contributed by atoms with E-state index in [0.29, 0.717) is 21.3 Å². The van der Waals surface area contributed by atoms with E-state index in [1.54, 1.807) is 45.0 Å². The summed E-state index contributed by atoms with van der Waals surface area (Å²) in [6.45, 7) is 5.73. The summed E-state index contributed by atoms with van der Waals surface area (Å²) in [4.78, 5) is 28.3. The molecule has 0 fully saturated rings. The van der Waals surface area contributed by atoms with Crippen LogP contribution >= 0.6 is 23.2 Å². The second kappa shape index (κ2) is 11.0. The quantitative estimate of drug-likeness (QED) is 0.377. The van der Waals surface area contributed by atoms with Crippen LogP contribution in [0.5, 0.6) is 0 Å². The highest BCUT2D eigenvalue weighted by Gasteiger charge is 2.15. The smallest absolute Gasteiger partial charge is 0.407 e. The third-order valence-electron chi connectivity index (χ3n) is 2.99. The minimum atomic E-state index is -0.569. The van der Waals surface area contributed by atoms with Crippen LogP contribution in [0.15, 0.2) is 24.3 Å². The van der Waals surface area contributed by atoms with Crippen LogP contribution in [0.1, 0.15) is 32.8 Å². The van der Waals surface area contributed by atoms with Crippen LogP contribution in [0, 0.1) is 0 Å². The lowest BCUT2D eigenvalue weighted by molar-refractivity contribution is -0.139. The molecule has 0 spiro atoms. The van der Waals surface area contributed by atoms with Gasteiger partial charge in [-0.15, -0.1) is 0 Å². The van der Waals surface area contributed by atoms with Gasteiger partial charge in [-0.1, -0.05) is 29.3 Å². The lowest BCUT2D eigenvalue weighted by atomic mass is 10.1. The van der Waals surface area contributed by atoms with Gasteiger partial charge in [0.25, 0.3) is 0 Å². The molecule has 9 heteroatoms. The van der Waals surface area contributed by atoms with Crippen molar-refractivity contribution in [1.82, 2.24) is 10.8 Å². The van der Waals surface area contributed by atoms with Crippen molar-refractivity contribution in [2.75, 3.05) is 20.3 Å². The van der Waals surface area contributed by atoms with Gasteiger partial charge in [-0.05, 0) is 39.0 Å². The SMILES string of the molecule is COC(=O)C/C=C(\NOCCNC(=O)OC(C)(C)C)c1ccc(Cl)c(Cl)c1. The van der Waals surface area contributed by atoms with Gasteiger partial charge in [0, 0.05) is 12.1 Å². The Morgan fingerprint density at radius 3 is 2.48 bits per heavy atom. The first-order valence-corrected chi connectivity index (χ1v) is 8.95. The molecule has 1 amide bonds. The molecule has 0 bridgehead atoms. The second-order valence-electron chi connectivity index (χ2n) is 6.41. The molecule has 0 unspecified atom stereocenters. The van der Waals surface area contributed by atoms with Crippen molar-refractivity contribution < 1.29 is 23.9 Å². The van der Waals surface area contributed by atoms with Crippen molar-refractivity contribution in [3.05, 3.63) is 39.9 Å². The fraction of sp³-hybridized carbons (Fsp3) is 0.444. The first kappa shape index (κ1) is 23.1. The molecule has 0 aliphatic carbocycles. The number of methoxy groups -OCH3 is 1. The molecule has 1 rings (SSSR count). The van der Waals surface area contributed by atoms with Crippen LogP contribution in [0.4, 0.5) is 4.79 Å². The first-order valence-electron chi connectivity index (χ1n) is 8.19. The second-order valence-corrected chi connectivity index (χ2v) is 7.22. The maximum atomic E-state index is 11.6. The van der Waals surface area contributed by atoms with Gasteiger partial charge in [0.15, 0.2) is 0 Å². The number of alkyl carbamates (subject to hydrolysis) is 1. The Bertz CT molecular complexity index is 687. The Morgan fingerprint density at radius 2 is 1.89 bits per heavy atom. The summed E-state index contributed by atoms with van der Waals surface area (Å²) in [6, 6.07) is 5.01. The molecule has 0 aliphatic rings. The number of carbonyl (C=O) groups excluding carboxylic acids is 2. The van der Waals surface area contributed by atoms with Gasteiger partial charge in [0.1, 0.15) is 5.60 Å². The van der Waals surface area contributed by atoms with E-state index >= 15 is 0 Å². The first-order chi connectivity index (χ1) is 12.6. The van der Waals surface area contributed by atoms with Gasteiger partial charge in [0.2, 0.25) is 0 Å². The number of hydroxylamine groups is 1. The van der Waals surface area contributed by atoms with E-state index in [-0.39, 0.29) is 19.6 Å². The molecule has 1 aromatic rings. The number of halogens is 2. The lowest BCUT2D eigenvalue weighted by Crippen LogP contribution is -2.35. The maximum absolute atomic E-state index is 11.6. The standard InChI is InChI=1S/C18H24Cl2N2O5/c1-18(2,3)27-17(24)21-9-10-26-22-15(7-8-16(23)25-4)12-5-6-13(19)14(20)11-12/h5-7,11,22H,8-10H2,1-4H3,(H,21,24)/b15-7-. The van der Waals surface area contributed by atoms with Gasteiger partial charge < -0.3 is 14.8 Å². The van der Waals surface area contributed by atoms with E-state index in [0.717, 1.165) is 0 Å². The Labute approximate surface area is 168 Å². The molecule has 0 atom stereocenters. The van der Waals surface area contributed by atoms with Crippen LogP contribution in [0.3, 0.4) is 0 Å². The van der Waals surface area contributed by atoms with Gasteiger partial charge in [-0.2, -0.15) is 0 Å². The molecule has 0 aliphatic heterocycles. The minimum Gasteiger partial charge on any atom is -0.469 e. The highest BCUT2D eigenvalue weighted by atomic mass is 35.5. The van der Waals surface area contributed by atoms with Gasteiger partial charge in [0.05, 0.1) is 35.9 Å². The normalized spacial score (nSPS) is 11.7. The summed E-state index contributed by atoms with van der Waals surface area (Å²) in [5, 5.41) is 3.35. The molecular formula is C18H24Cl2N2O5. The summed E-state index contributed by atoms with van der Waals surface area (Å²) >= 11 is 12.0. The number of esters is 1. The van der Waals surface area contributed by atoms with E-state index in [1.807, 2.05) is 0 Å². The van der Waals surface area contributed by atoms with E-state index in [1.165, 1.54) is 7.11 Å². The van der Waals surface area contributed by atoms with Crippen LogP contribution < -0.4 is 10.8 Å². The number of amides is 1. The van der Waals surface area contributed by atoms with Crippen LogP contribution in [-0.4, -0.2) is 37.9 Å². The summed E-state index contributed by atoms with van der Waals surface area (Å²) in [7, 11) is 1.31. The number of rotatable bonds is 8. The summed E-state index contributed by atoms with van der Waals surface area (Å²) in [5.41, 5.74) is 3.36. The summed E-state index contributed by atoms with van der Waals surface area (Å²) in [6.07, 6.45) is 1.11. The van der Waals surface area contributed by atoms with Crippen molar-refractivity contribution in [2.45, 2.75) is 32.8 Å². The Kier molecular flexibility index (Phi) is 9.41. The summed E-state index contributed by atoms with van der Waals surface area (Å²) in [5.74, 6) is -0.402. The predicted molar refractivity (Wildman–Crippen MR) is 104 cm³/mol. The highest BCUT2D eigenvalue weighted by molar-refractivity contribution is 6.42. The molecule has 0 saturated heterocycles. The van der Waals surface area contributed by atoms with Crippen molar-refractivity contribution in [3.8, 4) is 0 Å². The molecule has 0 radical (unpaired) electrons. The van der Waals surface area contributed by atoms with Crippen molar-refractivity contribution in [2.24, 2.45) is 0 Å². The number of hydrogen-bond acceptors (Lipinski definition) is 6. The lowest BCUT2D eigenvalue weighted by Gasteiger charge is -2.19. The zero-order valence-electron chi connectivity index (χ0n) is 15.7. The molecule has 0 aromatic heterocycles. The molecule has 0 saturated carbocycles. The molecule has 1 aromatic carbocycles. The van der Waals surface area contributed by atoms with Crippen molar-refractivity contribution in [1.29, 1.82) is 0 Å². The average molecular weight is 419 g/mol. The predicted octanol–water partition coefficient (Wildman–Crippen LogP) is 3.94. The van der Waals surface area contributed by atoms with E-state index in [9.17, 15) is 9.59 Å². The Hall–Kier alpha value is -1.96. The van der Waals surface area contributed by atoms with E-state index in [4.69, 9.17) is 32.8 Å². The summed E-state index contributed by atoms with van der Waals surface area (Å²) < 4.78 is 9.75. The fourth-order valence-corrected chi connectivity index (χ4v) is 2.10. The monoisotopic (exact) mass is 418 g/mol. The number of benzene rings is 1. The minimum absolute atomic E-state index is 0.0403. The third kappa shape index (κ3) is 9.51. The zero-order chi connectivity index (χ0) is 20.4. The fourth-order valence-electron chi connectivity index (χ4n) is 1.80. The topological polar surface area (TPSA) is 85.9 Å². The van der Waals surface area contributed by atoms with E-state index in [2.05, 4.69) is 15.5 Å². The van der Waals surface area contributed by atoms with E-state index < -0.39 is 17.7 Å². The number of nitrogens with one attached hydrogen (secondary N) is 2. The Balaban J connectivity index is 2.61. The molecular weight excluding hydrogens is 395 g/mol. The zero-order valence-corrected chi connectivity index (χ0v) is 17.2. The maximum Gasteiger partial charge on any atom is 0.407 e. The van der Waals surface area contributed by atoms with Crippen LogP contribution in [-0.2, 0) is 19.1 Å². The molecule has 7 nitrogen and oxygen atoms in total. The highest BCUT2D eigenvalue weighted by Crippen LogP contribution is 2.25. The van der Waals surface area contributed by atoms with Crippen LogP contribution in [0.25, 0.3) is 5.70 Å². The largest absolute Gasteiger partial charge is 0.469 e. The van der Waals surface area contributed by atoms with Crippen molar-refractivity contribution in [3.63, 3.8) is 0 Å². The average Bonchev–Trinajstić information content (AvgIpc) is 2.57. The Morgan fingerprint density at radius 1 is 1.19 bits per heavy atom. The number of ether oxygens (including phenoxy) is 2. The molecule has 150 valence electrons. The molecule has 27 heavy (non-hydrogen) atoms. The molecule has 2 N–H and O–H groups in total. The molecule has 0 heterocycles. The number of hydrogen-bond donors (Lipinski definition) is 2.